The minimum atomic E-state index is -0.0683. The summed E-state index contributed by atoms with van der Waals surface area (Å²) in [5, 5.41) is 10.8. The van der Waals surface area contributed by atoms with E-state index in [0.717, 1.165) is 24.1 Å². The van der Waals surface area contributed by atoms with Crippen LogP contribution in [0.3, 0.4) is 0 Å². The van der Waals surface area contributed by atoms with Crippen molar-refractivity contribution in [2.45, 2.75) is 24.5 Å². The van der Waals surface area contributed by atoms with Gasteiger partial charge in [0, 0.05) is 38.9 Å². The predicted octanol–water partition coefficient (Wildman–Crippen LogP) is 1.37. The fraction of sp³-hybridized carbons (Fsp3) is 0.474. The molecule has 2 fully saturated rings. The van der Waals surface area contributed by atoms with Crippen LogP contribution in [0.1, 0.15) is 29.6 Å². The van der Waals surface area contributed by atoms with Crippen molar-refractivity contribution < 1.29 is 9.53 Å². The number of carbonyl (C=O) groups is 1. The molecule has 2 unspecified atom stereocenters. The fourth-order valence-corrected chi connectivity index (χ4v) is 3.93. The van der Waals surface area contributed by atoms with E-state index in [0.29, 0.717) is 13.2 Å². The number of carbonyl (C=O) groups excluding carboxylic acids is 1. The summed E-state index contributed by atoms with van der Waals surface area (Å²) in [6, 6.07) is 10.2. The first kappa shape index (κ1) is 16.3. The summed E-state index contributed by atoms with van der Waals surface area (Å²) in [5.41, 5.74) is 2.24. The highest BCUT2D eigenvalue weighted by Crippen LogP contribution is 2.31. The zero-order valence-corrected chi connectivity index (χ0v) is 14.4. The number of rotatable bonds is 4. The Bertz CT molecular complexity index is 730. The molecule has 0 bridgehead atoms. The summed E-state index contributed by atoms with van der Waals surface area (Å²) in [5.74, 6) is 0.211. The van der Waals surface area contributed by atoms with Gasteiger partial charge in [-0.2, -0.15) is 5.10 Å². The third-order valence-electron chi connectivity index (χ3n) is 5.25. The van der Waals surface area contributed by atoms with E-state index in [1.807, 2.05) is 37.6 Å². The molecule has 6 nitrogen and oxygen atoms in total. The molecular weight excluding hydrogens is 316 g/mol. The monoisotopic (exact) mass is 340 g/mol. The normalized spacial score (nSPS) is 29.0. The molecule has 3 heterocycles. The summed E-state index contributed by atoms with van der Waals surface area (Å²) in [7, 11) is 1.90. The molecule has 1 amide bonds. The number of aryl methyl sites for hydroxylation is 1. The van der Waals surface area contributed by atoms with Crippen molar-refractivity contribution in [3.63, 3.8) is 0 Å². The maximum atomic E-state index is 12.9. The molecule has 0 radical (unpaired) electrons. The SMILES string of the molecule is Cn1cc([C@H]2CNC[C@@H]2C(=O)NC2CCOC2c2ccccc2)cn1. The van der Waals surface area contributed by atoms with Crippen molar-refractivity contribution in [3.05, 3.63) is 53.9 Å². The summed E-state index contributed by atoms with van der Waals surface area (Å²) < 4.78 is 7.68. The second-order valence-corrected chi connectivity index (χ2v) is 6.92. The first-order chi connectivity index (χ1) is 12.2. The van der Waals surface area contributed by atoms with E-state index in [1.54, 1.807) is 4.68 Å². The van der Waals surface area contributed by atoms with E-state index in [2.05, 4.69) is 27.9 Å². The minimum Gasteiger partial charge on any atom is -0.371 e. The predicted molar refractivity (Wildman–Crippen MR) is 94.0 cm³/mol. The average Bonchev–Trinajstić information content (AvgIpc) is 3.35. The van der Waals surface area contributed by atoms with Crippen molar-refractivity contribution in [3.8, 4) is 0 Å². The lowest BCUT2D eigenvalue weighted by Gasteiger charge is -2.24. The molecule has 1 aromatic heterocycles. The molecule has 0 aliphatic carbocycles. The van der Waals surface area contributed by atoms with Gasteiger partial charge in [-0.1, -0.05) is 30.3 Å². The Morgan fingerprint density at radius 2 is 2.12 bits per heavy atom. The first-order valence-corrected chi connectivity index (χ1v) is 8.88. The lowest BCUT2D eigenvalue weighted by Crippen LogP contribution is -2.42. The Labute approximate surface area is 147 Å². The van der Waals surface area contributed by atoms with Crippen LogP contribution in [0.15, 0.2) is 42.7 Å². The van der Waals surface area contributed by atoms with Gasteiger partial charge in [0.15, 0.2) is 0 Å². The molecule has 132 valence electrons. The Morgan fingerprint density at radius 1 is 1.28 bits per heavy atom. The highest BCUT2D eigenvalue weighted by molar-refractivity contribution is 5.81. The number of nitrogens with zero attached hydrogens (tertiary/aromatic N) is 2. The highest BCUT2D eigenvalue weighted by atomic mass is 16.5. The van der Waals surface area contributed by atoms with Crippen LogP contribution < -0.4 is 10.6 Å². The van der Waals surface area contributed by atoms with Gasteiger partial charge in [-0.25, -0.2) is 0 Å². The standard InChI is InChI=1S/C19H24N4O2/c1-23-12-14(9-21-23)15-10-20-11-16(15)19(24)22-17-7-8-25-18(17)13-5-3-2-4-6-13/h2-6,9,12,15-18,20H,7-8,10-11H2,1H3,(H,22,24)/t15-,16+,17?,18?/m1/s1. The molecule has 2 aliphatic rings. The van der Waals surface area contributed by atoms with Crippen LogP contribution in [0.2, 0.25) is 0 Å². The first-order valence-electron chi connectivity index (χ1n) is 8.88. The molecule has 2 saturated heterocycles. The number of ether oxygens (including phenoxy) is 1. The average molecular weight is 340 g/mol. The van der Waals surface area contributed by atoms with Gasteiger partial charge in [-0.3, -0.25) is 9.48 Å². The van der Waals surface area contributed by atoms with E-state index >= 15 is 0 Å². The number of aromatic nitrogens is 2. The summed E-state index contributed by atoms with van der Waals surface area (Å²) in [4.78, 5) is 12.9. The molecule has 0 spiro atoms. The summed E-state index contributed by atoms with van der Waals surface area (Å²) in [6.07, 6.45) is 4.66. The fourth-order valence-electron chi connectivity index (χ4n) is 3.93. The zero-order chi connectivity index (χ0) is 17.2. The van der Waals surface area contributed by atoms with E-state index in [1.165, 1.54) is 0 Å². The third kappa shape index (κ3) is 3.32. The number of amides is 1. The Hall–Kier alpha value is -2.18. The maximum Gasteiger partial charge on any atom is 0.225 e. The van der Waals surface area contributed by atoms with Gasteiger partial charge < -0.3 is 15.4 Å². The van der Waals surface area contributed by atoms with Gasteiger partial charge in [0.2, 0.25) is 5.91 Å². The van der Waals surface area contributed by atoms with Gasteiger partial charge in [0.05, 0.1) is 18.2 Å². The second kappa shape index (κ2) is 6.98. The van der Waals surface area contributed by atoms with Gasteiger partial charge in [-0.15, -0.1) is 0 Å². The smallest absolute Gasteiger partial charge is 0.225 e. The Kier molecular flexibility index (Phi) is 4.55. The highest BCUT2D eigenvalue weighted by Gasteiger charge is 2.38. The molecular formula is C19H24N4O2. The lowest BCUT2D eigenvalue weighted by atomic mass is 9.89. The summed E-state index contributed by atoms with van der Waals surface area (Å²) >= 11 is 0. The quantitative estimate of drug-likeness (QED) is 0.882. The van der Waals surface area contributed by atoms with Crippen LogP contribution in [0.5, 0.6) is 0 Å². The van der Waals surface area contributed by atoms with Gasteiger partial charge in [0.25, 0.3) is 0 Å². The van der Waals surface area contributed by atoms with E-state index < -0.39 is 0 Å². The number of hydrogen-bond donors (Lipinski definition) is 2. The zero-order valence-electron chi connectivity index (χ0n) is 14.4. The third-order valence-corrected chi connectivity index (χ3v) is 5.25. The molecule has 6 heteroatoms. The van der Waals surface area contributed by atoms with E-state index in [-0.39, 0.29) is 29.9 Å². The van der Waals surface area contributed by atoms with Gasteiger partial charge in [-0.05, 0) is 17.5 Å². The van der Waals surface area contributed by atoms with Crippen molar-refractivity contribution >= 4 is 5.91 Å². The molecule has 25 heavy (non-hydrogen) atoms. The van der Waals surface area contributed by atoms with Crippen molar-refractivity contribution in [2.75, 3.05) is 19.7 Å². The second-order valence-electron chi connectivity index (χ2n) is 6.92. The lowest BCUT2D eigenvalue weighted by molar-refractivity contribution is -0.126. The number of hydrogen-bond acceptors (Lipinski definition) is 4. The van der Waals surface area contributed by atoms with Crippen LogP contribution in [-0.4, -0.2) is 41.4 Å². The molecule has 2 aromatic rings. The van der Waals surface area contributed by atoms with Gasteiger partial charge >= 0.3 is 0 Å². The Balaban J connectivity index is 1.46. The molecule has 4 atom stereocenters. The number of nitrogens with one attached hydrogen (secondary N) is 2. The van der Waals surface area contributed by atoms with E-state index in [9.17, 15) is 4.79 Å². The topological polar surface area (TPSA) is 68.2 Å². The summed E-state index contributed by atoms with van der Waals surface area (Å²) in [6.45, 7) is 2.20. The van der Waals surface area contributed by atoms with Gasteiger partial charge in [0.1, 0.15) is 6.10 Å². The largest absolute Gasteiger partial charge is 0.371 e. The van der Waals surface area contributed by atoms with Crippen LogP contribution in [0.25, 0.3) is 0 Å². The molecule has 2 N–H and O–H groups in total. The Morgan fingerprint density at radius 3 is 2.88 bits per heavy atom. The van der Waals surface area contributed by atoms with Crippen molar-refractivity contribution in [1.29, 1.82) is 0 Å². The number of benzene rings is 1. The van der Waals surface area contributed by atoms with Crippen molar-refractivity contribution in [2.24, 2.45) is 13.0 Å². The molecule has 4 rings (SSSR count). The van der Waals surface area contributed by atoms with Crippen molar-refractivity contribution in [1.82, 2.24) is 20.4 Å². The molecule has 0 saturated carbocycles. The minimum absolute atomic E-state index is 0.0325. The molecule has 2 aliphatic heterocycles. The molecule has 1 aromatic carbocycles. The van der Waals surface area contributed by atoms with E-state index in [4.69, 9.17) is 4.74 Å². The van der Waals surface area contributed by atoms with Crippen LogP contribution in [-0.2, 0) is 16.6 Å². The van der Waals surface area contributed by atoms with Crippen LogP contribution in [0, 0.1) is 5.92 Å². The van der Waals surface area contributed by atoms with Crippen LogP contribution in [0.4, 0.5) is 0 Å². The van der Waals surface area contributed by atoms with Crippen LogP contribution >= 0.6 is 0 Å². The maximum absolute atomic E-state index is 12.9.